The molecule has 0 heterocycles. The summed E-state index contributed by atoms with van der Waals surface area (Å²) in [7, 11) is 0. The summed E-state index contributed by atoms with van der Waals surface area (Å²) in [5.41, 5.74) is 4.30. The third-order valence-electron chi connectivity index (χ3n) is 3.91. The van der Waals surface area contributed by atoms with Gasteiger partial charge in [-0.2, -0.15) is 5.10 Å². The molecule has 2 rings (SSSR count). The number of benzene rings is 2. The number of amides is 1. The van der Waals surface area contributed by atoms with E-state index in [0.717, 1.165) is 24.3 Å². The average Bonchev–Trinajstić information content (AvgIpc) is 2.69. The highest BCUT2D eigenvalue weighted by Crippen LogP contribution is 2.28. The quantitative estimate of drug-likeness (QED) is 0.358. The Morgan fingerprint density at radius 1 is 1.25 bits per heavy atom. The van der Waals surface area contributed by atoms with Gasteiger partial charge in [-0.1, -0.05) is 12.1 Å². The Morgan fingerprint density at radius 2 is 1.93 bits per heavy atom. The van der Waals surface area contributed by atoms with Crippen LogP contribution >= 0.6 is 15.9 Å². The highest BCUT2D eigenvalue weighted by Gasteiger charge is 2.11. The van der Waals surface area contributed by atoms with Crippen molar-refractivity contribution in [1.82, 2.24) is 5.43 Å². The fraction of sp³-hybridized carbons (Fsp3) is 0.263. The molecule has 0 aliphatic rings. The smallest absolute Gasteiger partial charge is 0.277 e. The molecule has 9 heteroatoms. The van der Waals surface area contributed by atoms with E-state index in [1.54, 1.807) is 6.21 Å². The van der Waals surface area contributed by atoms with Crippen LogP contribution in [0.15, 0.2) is 52.0 Å². The second kappa shape index (κ2) is 10.4. The number of hydrogen-bond donors (Lipinski definition) is 1. The molecule has 0 radical (unpaired) electrons. The third-order valence-corrected chi connectivity index (χ3v) is 4.53. The van der Waals surface area contributed by atoms with E-state index in [2.05, 4.69) is 45.2 Å². The highest BCUT2D eigenvalue weighted by molar-refractivity contribution is 9.10. The first-order chi connectivity index (χ1) is 13.4. The molecular formula is C19H21BrN4O4. The maximum atomic E-state index is 11.8. The highest BCUT2D eigenvalue weighted by atomic mass is 79.9. The minimum absolute atomic E-state index is 0.0692. The predicted octanol–water partition coefficient (Wildman–Crippen LogP) is 3.73. The molecule has 0 aromatic heterocycles. The molecule has 0 saturated heterocycles. The third kappa shape index (κ3) is 6.05. The van der Waals surface area contributed by atoms with Crippen LogP contribution in [0, 0.1) is 10.1 Å². The van der Waals surface area contributed by atoms with E-state index in [4.69, 9.17) is 4.74 Å². The number of rotatable bonds is 9. The Labute approximate surface area is 171 Å². The molecule has 0 aliphatic heterocycles. The number of halogens is 1. The summed E-state index contributed by atoms with van der Waals surface area (Å²) in [6.45, 7) is 5.81. The van der Waals surface area contributed by atoms with Crippen molar-refractivity contribution in [3.8, 4) is 5.75 Å². The van der Waals surface area contributed by atoms with Crippen molar-refractivity contribution in [2.24, 2.45) is 5.10 Å². The lowest BCUT2D eigenvalue weighted by Crippen LogP contribution is -2.24. The summed E-state index contributed by atoms with van der Waals surface area (Å²) < 4.78 is 5.74. The number of ether oxygens (including phenoxy) is 1. The summed E-state index contributed by atoms with van der Waals surface area (Å²) in [6, 6.07) is 11.9. The Hall–Kier alpha value is -2.94. The van der Waals surface area contributed by atoms with Crippen molar-refractivity contribution in [3.63, 3.8) is 0 Å². The number of hydrazone groups is 1. The molecular weight excluding hydrogens is 428 g/mol. The molecule has 0 saturated carbocycles. The Balaban J connectivity index is 1.84. The summed E-state index contributed by atoms with van der Waals surface area (Å²) in [4.78, 5) is 24.3. The fourth-order valence-electron chi connectivity index (χ4n) is 2.43. The van der Waals surface area contributed by atoms with Crippen LogP contribution in [0.3, 0.4) is 0 Å². The normalized spacial score (nSPS) is 10.7. The molecule has 1 amide bonds. The lowest BCUT2D eigenvalue weighted by Gasteiger charge is -2.20. The van der Waals surface area contributed by atoms with E-state index in [0.29, 0.717) is 10.2 Å². The summed E-state index contributed by atoms with van der Waals surface area (Å²) in [5, 5.41) is 14.6. The van der Waals surface area contributed by atoms with Gasteiger partial charge in [0.25, 0.3) is 11.6 Å². The molecule has 0 fully saturated rings. The second-order valence-electron chi connectivity index (χ2n) is 5.72. The molecule has 8 nitrogen and oxygen atoms in total. The molecule has 2 aromatic rings. The standard InChI is InChI=1S/C19H21BrN4O4/c1-3-23(4-2)15-7-5-14(6-8-15)12-21-22-19(25)13-28-18-10-9-16(24(26)27)11-17(18)20/h5-12H,3-4,13H2,1-2H3,(H,22,25)/b21-12+. The van der Waals surface area contributed by atoms with Gasteiger partial charge in [0, 0.05) is 30.9 Å². The van der Waals surface area contributed by atoms with Gasteiger partial charge in [0.05, 0.1) is 15.6 Å². The van der Waals surface area contributed by atoms with Gasteiger partial charge in [-0.05, 0) is 53.5 Å². The number of nitro groups is 1. The zero-order valence-electron chi connectivity index (χ0n) is 15.6. The SMILES string of the molecule is CCN(CC)c1ccc(/C=N/NC(=O)COc2ccc([N+](=O)[O-])cc2Br)cc1. The molecule has 1 N–H and O–H groups in total. The molecule has 0 atom stereocenters. The van der Waals surface area contributed by atoms with Crippen LogP contribution in [0.5, 0.6) is 5.75 Å². The summed E-state index contributed by atoms with van der Waals surface area (Å²) >= 11 is 3.18. The number of hydrogen-bond acceptors (Lipinski definition) is 6. The number of carbonyl (C=O) groups excluding carboxylic acids is 1. The van der Waals surface area contributed by atoms with Crippen molar-refractivity contribution in [1.29, 1.82) is 0 Å². The minimum atomic E-state index is -0.509. The fourth-order valence-corrected chi connectivity index (χ4v) is 2.92. The maximum Gasteiger partial charge on any atom is 0.277 e. The van der Waals surface area contributed by atoms with Crippen LogP contribution in [0.2, 0.25) is 0 Å². The van der Waals surface area contributed by atoms with Gasteiger partial charge in [-0.3, -0.25) is 14.9 Å². The van der Waals surface area contributed by atoms with Crippen molar-refractivity contribution in [2.45, 2.75) is 13.8 Å². The van der Waals surface area contributed by atoms with Crippen LogP contribution in [-0.4, -0.2) is 36.7 Å². The van der Waals surface area contributed by atoms with E-state index < -0.39 is 10.8 Å². The lowest BCUT2D eigenvalue weighted by atomic mass is 10.2. The van der Waals surface area contributed by atoms with E-state index in [9.17, 15) is 14.9 Å². The first-order valence-corrected chi connectivity index (χ1v) is 9.47. The van der Waals surface area contributed by atoms with Crippen molar-refractivity contribution < 1.29 is 14.5 Å². The Bertz CT molecular complexity index is 852. The molecule has 28 heavy (non-hydrogen) atoms. The topological polar surface area (TPSA) is 97.1 Å². The van der Waals surface area contributed by atoms with Crippen LogP contribution in [0.25, 0.3) is 0 Å². The van der Waals surface area contributed by atoms with Gasteiger partial charge in [0.2, 0.25) is 0 Å². The Morgan fingerprint density at radius 3 is 2.50 bits per heavy atom. The molecule has 0 bridgehead atoms. The summed E-state index contributed by atoms with van der Waals surface area (Å²) in [5.74, 6) is -0.113. The minimum Gasteiger partial charge on any atom is -0.483 e. The molecule has 0 spiro atoms. The zero-order chi connectivity index (χ0) is 20.5. The number of nitrogens with zero attached hydrogens (tertiary/aromatic N) is 3. The Kier molecular flexibility index (Phi) is 7.94. The zero-order valence-corrected chi connectivity index (χ0v) is 17.2. The van der Waals surface area contributed by atoms with Gasteiger partial charge in [0.1, 0.15) is 5.75 Å². The van der Waals surface area contributed by atoms with E-state index in [-0.39, 0.29) is 12.3 Å². The average molecular weight is 449 g/mol. The number of nitro benzene ring substituents is 1. The monoisotopic (exact) mass is 448 g/mol. The maximum absolute atomic E-state index is 11.8. The van der Waals surface area contributed by atoms with Crippen LogP contribution in [0.4, 0.5) is 11.4 Å². The van der Waals surface area contributed by atoms with Crippen LogP contribution in [-0.2, 0) is 4.79 Å². The van der Waals surface area contributed by atoms with E-state index >= 15 is 0 Å². The first-order valence-electron chi connectivity index (χ1n) is 8.68. The first kappa shape index (κ1) is 21.4. The molecule has 0 aliphatic carbocycles. The largest absolute Gasteiger partial charge is 0.483 e. The van der Waals surface area contributed by atoms with E-state index in [1.165, 1.54) is 18.2 Å². The second-order valence-corrected chi connectivity index (χ2v) is 6.57. The van der Waals surface area contributed by atoms with Gasteiger partial charge < -0.3 is 9.64 Å². The van der Waals surface area contributed by atoms with Crippen LogP contribution in [0.1, 0.15) is 19.4 Å². The number of non-ortho nitro benzene ring substituents is 1. The lowest BCUT2D eigenvalue weighted by molar-refractivity contribution is -0.384. The van der Waals surface area contributed by atoms with Gasteiger partial charge in [0.15, 0.2) is 6.61 Å². The van der Waals surface area contributed by atoms with Crippen molar-refractivity contribution in [3.05, 3.63) is 62.6 Å². The number of anilines is 1. The van der Waals surface area contributed by atoms with Crippen molar-refractivity contribution >= 4 is 39.4 Å². The van der Waals surface area contributed by atoms with Crippen LogP contribution < -0.4 is 15.1 Å². The van der Waals surface area contributed by atoms with Crippen molar-refractivity contribution in [2.75, 3.05) is 24.6 Å². The summed E-state index contributed by atoms with van der Waals surface area (Å²) in [6.07, 6.45) is 1.55. The van der Waals surface area contributed by atoms with Gasteiger partial charge in [-0.25, -0.2) is 5.43 Å². The van der Waals surface area contributed by atoms with Gasteiger partial charge >= 0.3 is 0 Å². The predicted molar refractivity (Wildman–Crippen MR) is 112 cm³/mol. The molecule has 0 unspecified atom stereocenters. The van der Waals surface area contributed by atoms with Gasteiger partial charge in [-0.15, -0.1) is 0 Å². The molecule has 148 valence electrons. The van der Waals surface area contributed by atoms with E-state index in [1.807, 2.05) is 24.3 Å². The number of nitrogens with one attached hydrogen (secondary N) is 1. The number of carbonyl (C=O) groups is 1. The molecule has 2 aromatic carbocycles.